The van der Waals surface area contributed by atoms with Gasteiger partial charge >= 0.3 is 5.97 Å². The standard InChI is InChI=1S/C11H9BrINO2S/c1-6-3-7-4-10(11(15)16-2)14(17-13)9(7)5-8(6)12/h3-5H,1-2H3. The summed E-state index contributed by atoms with van der Waals surface area (Å²) < 4.78 is 7.68. The van der Waals surface area contributed by atoms with Gasteiger partial charge in [0.1, 0.15) is 5.69 Å². The molecule has 2 rings (SSSR count). The van der Waals surface area contributed by atoms with Crippen LogP contribution in [0.1, 0.15) is 16.1 Å². The number of hydrogen-bond acceptors (Lipinski definition) is 3. The van der Waals surface area contributed by atoms with E-state index in [-0.39, 0.29) is 5.97 Å². The number of aromatic nitrogens is 1. The fourth-order valence-electron chi connectivity index (χ4n) is 1.64. The number of fused-ring (bicyclic) bond motifs is 1. The molecule has 0 unspecified atom stereocenters. The van der Waals surface area contributed by atoms with Gasteiger partial charge in [-0.2, -0.15) is 0 Å². The Balaban J connectivity index is 2.75. The van der Waals surface area contributed by atoms with Gasteiger partial charge in [0.05, 0.1) is 12.6 Å². The minimum absolute atomic E-state index is 0.320. The number of ether oxygens (including phenoxy) is 1. The zero-order valence-corrected chi connectivity index (χ0v) is 13.7. The second kappa shape index (κ2) is 5.19. The van der Waals surface area contributed by atoms with Gasteiger partial charge in [0.25, 0.3) is 0 Å². The van der Waals surface area contributed by atoms with E-state index in [9.17, 15) is 4.79 Å². The van der Waals surface area contributed by atoms with E-state index in [1.54, 1.807) is 0 Å². The number of rotatable bonds is 2. The van der Waals surface area contributed by atoms with Crippen LogP contribution in [0.3, 0.4) is 0 Å². The summed E-state index contributed by atoms with van der Waals surface area (Å²) in [7, 11) is 2.85. The third kappa shape index (κ3) is 2.34. The summed E-state index contributed by atoms with van der Waals surface area (Å²) in [4.78, 5) is 11.7. The maximum Gasteiger partial charge on any atom is 0.355 e. The highest BCUT2D eigenvalue weighted by atomic mass is 127. The second-order valence-corrected chi connectivity index (χ2v) is 6.08. The van der Waals surface area contributed by atoms with E-state index >= 15 is 0 Å². The molecule has 0 saturated heterocycles. The lowest BCUT2D eigenvalue weighted by Gasteiger charge is -2.04. The Morgan fingerprint density at radius 3 is 2.76 bits per heavy atom. The first kappa shape index (κ1) is 13.2. The molecule has 0 aliphatic heterocycles. The molecule has 3 nitrogen and oxygen atoms in total. The van der Waals surface area contributed by atoms with E-state index in [0.717, 1.165) is 20.9 Å². The first-order valence-electron chi connectivity index (χ1n) is 4.77. The minimum atomic E-state index is -0.320. The SMILES string of the molecule is COC(=O)c1cc2cc(C)c(Br)cc2n1SI. The van der Waals surface area contributed by atoms with E-state index < -0.39 is 0 Å². The summed E-state index contributed by atoms with van der Waals surface area (Å²) in [6, 6.07) is 5.92. The van der Waals surface area contributed by atoms with Gasteiger partial charge in [-0.15, -0.1) is 0 Å². The smallest absolute Gasteiger partial charge is 0.355 e. The number of carbonyl (C=O) groups excluding carboxylic acids is 1. The molecule has 0 amide bonds. The summed E-state index contributed by atoms with van der Waals surface area (Å²) in [6.45, 7) is 2.02. The largest absolute Gasteiger partial charge is 0.464 e. The lowest BCUT2D eigenvalue weighted by Crippen LogP contribution is -2.05. The molecule has 0 fully saturated rings. The van der Waals surface area contributed by atoms with Crippen molar-refractivity contribution >= 4 is 63.1 Å². The summed E-state index contributed by atoms with van der Waals surface area (Å²) in [5.41, 5.74) is 2.70. The molecule has 0 spiro atoms. The average Bonchev–Trinajstić information content (AvgIpc) is 2.66. The van der Waals surface area contributed by atoms with Crippen LogP contribution in [0.4, 0.5) is 0 Å². The molecular formula is C11H9BrINO2S. The lowest BCUT2D eigenvalue weighted by molar-refractivity contribution is 0.0594. The normalized spacial score (nSPS) is 10.8. The predicted molar refractivity (Wildman–Crippen MR) is 82.7 cm³/mol. The quantitative estimate of drug-likeness (QED) is 0.529. The van der Waals surface area contributed by atoms with Crippen molar-refractivity contribution in [1.29, 1.82) is 0 Å². The van der Waals surface area contributed by atoms with Crippen LogP contribution in [0.5, 0.6) is 0 Å². The van der Waals surface area contributed by atoms with Gasteiger partial charge in [-0.3, -0.25) is 3.97 Å². The average molecular weight is 426 g/mol. The molecule has 2 aromatic rings. The molecule has 1 heterocycles. The maximum absolute atomic E-state index is 11.7. The van der Waals surface area contributed by atoms with Crippen LogP contribution in [0.25, 0.3) is 10.9 Å². The van der Waals surface area contributed by atoms with Crippen molar-refractivity contribution in [2.24, 2.45) is 0 Å². The topological polar surface area (TPSA) is 31.2 Å². The molecule has 0 aliphatic rings. The van der Waals surface area contributed by atoms with E-state index in [0.29, 0.717) is 5.69 Å². The highest BCUT2D eigenvalue weighted by Gasteiger charge is 2.16. The van der Waals surface area contributed by atoms with E-state index in [1.165, 1.54) is 16.2 Å². The van der Waals surface area contributed by atoms with Gasteiger partial charge in [0.2, 0.25) is 0 Å². The zero-order chi connectivity index (χ0) is 12.6. The van der Waals surface area contributed by atoms with Gasteiger partial charge < -0.3 is 4.74 Å². The van der Waals surface area contributed by atoms with Crippen molar-refractivity contribution < 1.29 is 9.53 Å². The number of hydrogen-bond donors (Lipinski definition) is 0. The lowest BCUT2D eigenvalue weighted by atomic mass is 10.2. The number of benzene rings is 1. The van der Waals surface area contributed by atoms with Gasteiger partial charge in [0.15, 0.2) is 0 Å². The molecule has 0 bridgehead atoms. The maximum atomic E-state index is 11.7. The van der Waals surface area contributed by atoms with Crippen molar-refractivity contribution in [3.63, 3.8) is 0 Å². The number of esters is 1. The van der Waals surface area contributed by atoms with Crippen LogP contribution in [-0.2, 0) is 4.74 Å². The van der Waals surface area contributed by atoms with Crippen molar-refractivity contribution in [2.45, 2.75) is 6.92 Å². The fourth-order valence-corrected chi connectivity index (χ4v) is 3.68. The highest BCUT2D eigenvalue weighted by molar-refractivity contribution is 14.2. The first-order chi connectivity index (χ1) is 8.08. The van der Waals surface area contributed by atoms with Gasteiger partial charge in [-0.05, 0) is 30.7 Å². The number of carbonyl (C=O) groups is 1. The van der Waals surface area contributed by atoms with Crippen molar-refractivity contribution in [1.82, 2.24) is 3.97 Å². The van der Waals surface area contributed by atoms with Gasteiger partial charge in [0, 0.05) is 40.2 Å². The summed E-state index contributed by atoms with van der Waals surface area (Å²) in [5.74, 6) is -0.320. The Kier molecular flexibility index (Phi) is 4.04. The third-order valence-corrected chi connectivity index (χ3v) is 5.07. The Labute approximate surface area is 124 Å². The molecule has 1 aromatic heterocycles. The molecule has 6 heteroatoms. The van der Waals surface area contributed by atoms with Crippen LogP contribution in [0.15, 0.2) is 22.7 Å². The predicted octanol–water partition coefficient (Wildman–Crippen LogP) is 4.35. The van der Waals surface area contributed by atoms with Crippen molar-refractivity contribution in [3.8, 4) is 0 Å². The molecule has 0 radical (unpaired) electrons. The van der Waals surface area contributed by atoms with Gasteiger partial charge in [-0.25, -0.2) is 4.79 Å². The Bertz CT molecular complexity index is 597. The van der Waals surface area contributed by atoms with Crippen LogP contribution in [0, 0.1) is 6.92 Å². The fraction of sp³-hybridized carbons (Fsp3) is 0.182. The molecule has 1 aromatic carbocycles. The van der Waals surface area contributed by atoms with E-state index in [2.05, 4.69) is 43.2 Å². The Morgan fingerprint density at radius 2 is 2.18 bits per heavy atom. The summed E-state index contributed by atoms with van der Waals surface area (Å²) >= 11 is 5.65. The molecule has 0 aliphatic carbocycles. The Hall–Kier alpha value is -0.210. The van der Waals surface area contributed by atoms with Crippen molar-refractivity contribution in [2.75, 3.05) is 7.11 Å². The van der Waals surface area contributed by atoms with Crippen LogP contribution in [0.2, 0.25) is 0 Å². The number of methoxy groups -OCH3 is 1. The number of nitrogens with zero attached hydrogens (tertiary/aromatic N) is 1. The molecule has 0 saturated carbocycles. The molecule has 90 valence electrons. The Morgan fingerprint density at radius 1 is 1.47 bits per heavy atom. The molecular weight excluding hydrogens is 417 g/mol. The van der Waals surface area contributed by atoms with Crippen molar-refractivity contribution in [3.05, 3.63) is 33.9 Å². The van der Waals surface area contributed by atoms with Gasteiger partial charge in [-0.1, -0.05) is 15.9 Å². The summed E-state index contributed by atoms with van der Waals surface area (Å²) in [5, 5.41) is 1.04. The molecule has 17 heavy (non-hydrogen) atoms. The summed E-state index contributed by atoms with van der Waals surface area (Å²) in [6.07, 6.45) is 0. The monoisotopic (exact) mass is 425 g/mol. The van der Waals surface area contributed by atoms with Crippen LogP contribution < -0.4 is 0 Å². The second-order valence-electron chi connectivity index (χ2n) is 3.54. The van der Waals surface area contributed by atoms with E-state index in [4.69, 9.17) is 4.74 Å². The van der Waals surface area contributed by atoms with Crippen LogP contribution >= 0.6 is 46.3 Å². The molecule has 0 N–H and O–H groups in total. The number of aryl methyl sites for hydroxylation is 1. The number of halogens is 2. The van der Waals surface area contributed by atoms with Crippen LogP contribution in [-0.4, -0.2) is 17.1 Å². The zero-order valence-electron chi connectivity index (χ0n) is 9.16. The highest BCUT2D eigenvalue weighted by Crippen LogP contribution is 2.32. The molecule has 0 atom stereocenters. The minimum Gasteiger partial charge on any atom is -0.464 e. The first-order valence-corrected chi connectivity index (χ1v) is 8.88. The third-order valence-electron chi connectivity index (χ3n) is 2.50. The van der Waals surface area contributed by atoms with E-state index in [1.807, 2.05) is 23.0 Å².